The SMILES string of the molecule is C(=N/Nc1nnnn1-c1ccccc1)/c1ccc2c(c1)OCO2. The minimum Gasteiger partial charge on any atom is -0.454 e. The Morgan fingerprint density at radius 2 is 1.96 bits per heavy atom. The lowest BCUT2D eigenvalue weighted by molar-refractivity contribution is 0.174. The molecule has 0 spiro atoms. The summed E-state index contributed by atoms with van der Waals surface area (Å²) in [5, 5.41) is 15.7. The van der Waals surface area contributed by atoms with Crippen LogP contribution in [0.5, 0.6) is 11.5 Å². The molecule has 0 bridgehead atoms. The monoisotopic (exact) mass is 308 g/mol. The van der Waals surface area contributed by atoms with E-state index in [4.69, 9.17) is 9.47 Å². The summed E-state index contributed by atoms with van der Waals surface area (Å²) in [5.41, 5.74) is 4.55. The number of rotatable bonds is 4. The van der Waals surface area contributed by atoms with E-state index in [1.54, 1.807) is 10.9 Å². The number of nitrogens with one attached hydrogen (secondary N) is 1. The van der Waals surface area contributed by atoms with Gasteiger partial charge in [0.15, 0.2) is 11.5 Å². The van der Waals surface area contributed by atoms with Crippen LogP contribution in [0, 0.1) is 0 Å². The standard InChI is InChI=1S/C15H12N6O2/c1-2-4-12(5-3-1)21-15(18-19-20-21)17-16-9-11-6-7-13-14(8-11)23-10-22-13/h1-9H,10H2,(H,17,18,20)/b16-9-. The van der Waals surface area contributed by atoms with Crippen LogP contribution in [0.15, 0.2) is 53.6 Å². The molecule has 1 aliphatic rings. The number of tetrazole rings is 1. The zero-order chi connectivity index (χ0) is 15.5. The Balaban J connectivity index is 1.51. The Hall–Kier alpha value is -3.42. The minimum atomic E-state index is 0.250. The smallest absolute Gasteiger partial charge is 0.268 e. The van der Waals surface area contributed by atoms with Gasteiger partial charge in [-0.05, 0) is 46.3 Å². The van der Waals surface area contributed by atoms with E-state index >= 15 is 0 Å². The van der Waals surface area contributed by atoms with Crippen molar-refractivity contribution in [2.45, 2.75) is 0 Å². The van der Waals surface area contributed by atoms with Gasteiger partial charge in [0.25, 0.3) is 5.95 Å². The molecule has 1 aromatic heterocycles. The van der Waals surface area contributed by atoms with Crippen molar-refractivity contribution in [1.82, 2.24) is 20.2 Å². The van der Waals surface area contributed by atoms with Crippen LogP contribution in [-0.4, -0.2) is 33.2 Å². The molecule has 0 radical (unpaired) electrons. The van der Waals surface area contributed by atoms with Gasteiger partial charge < -0.3 is 9.47 Å². The van der Waals surface area contributed by atoms with Crippen molar-refractivity contribution in [3.05, 3.63) is 54.1 Å². The van der Waals surface area contributed by atoms with Crippen LogP contribution < -0.4 is 14.9 Å². The molecule has 114 valence electrons. The summed E-state index contributed by atoms with van der Waals surface area (Å²) in [6, 6.07) is 15.2. The van der Waals surface area contributed by atoms with Crippen molar-refractivity contribution in [3.8, 4) is 17.2 Å². The summed E-state index contributed by atoms with van der Waals surface area (Å²) in [6.45, 7) is 0.250. The Morgan fingerprint density at radius 3 is 2.87 bits per heavy atom. The number of fused-ring (bicyclic) bond motifs is 1. The number of anilines is 1. The van der Waals surface area contributed by atoms with Crippen molar-refractivity contribution in [1.29, 1.82) is 0 Å². The number of para-hydroxylation sites is 1. The first-order chi connectivity index (χ1) is 11.4. The van der Waals surface area contributed by atoms with Gasteiger partial charge in [-0.25, -0.2) is 5.43 Å². The van der Waals surface area contributed by atoms with E-state index in [-0.39, 0.29) is 6.79 Å². The average molecular weight is 308 g/mol. The highest BCUT2D eigenvalue weighted by molar-refractivity contribution is 5.81. The first kappa shape index (κ1) is 13.3. The van der Waals surface area contributed by atoms with Gasteiger partial charge in [-0.2, -0.15) is 9.78 Å². The Bertz CT molecular complexity index is 846. The highest BCUT2D eigenvalue weighted by Crippen LogP contribution is 2.31. The van der Waals surface area contributed by atoms with E-state index in [0.717, 1.165) is 17.0 Å². The van der Waals surface area contributed by atoms with E-state index in [2.05, 4.69) is 26.1 Å². The maximum atomic E-state index is 5.33. The fourth-order valence-electron chi connectivity index (χ4n) is 2.16. The maximum Gasteiger partial charge on any atom is 0.268 e. The number of ether oxygens (including phenoxy) is 2. The number of benzene rings is 2. The fraction of sp³-hybridized carbons (Fsp3) is 0.0667. The van der Waals surface area contributed by atoms with Crippen LogP contribution in [0.1, 0.15) is 5.56 Å². The summed E-state index contributed by atoms with van der Waals surface area (Å²) < 4.78 is 12.2. The normalized spacial score (nSPS) is 12.7. The third kappa shape index (κ3) is 2.69. The molecule has 8 heteroatoms. The largest absolute Gasteiger partial charge is 0.454 e. The number of hydrogen-bond acceptors (Lipinski definition) is 7. The third-order valence-electron chi connectivity index (χ3n) is 3.25. The highest BCUT2D eigenvalue weighted by Gasteiger charge is 2.12. The van der Waals surface area contributed by atoms with Gasteiger partial charge in [0.05, 0.1) is 11.9 Å². The maximum absolute atomic E-state index is 5.33. The first-order valence-electron chi connectivity index (χ1n) is 6.93. The third-order valence-corrected chi connectivity index (χ3v) is 3.25. The second kappa shape index (κ2) is 5.76. The van der Waals surface area contributed by atoms with Gasteiger partial charge in [-0.15, -0.1) is 0 Å². The summed E-state index contributed by atoms with van der Waals surface area (Å²) in [6.07, 6.45) is 1.66. The van der Waals surface area contributed by atoms with Crippen molar-refractivity contribution in [3.63, 3.8) is 0 Å². The molecule has 1 aliphatic heterocycles. The molecule has 1 N–H and O–H groups in total. The second-order valence-electron chi connectivity index (χ2n) is 4.73. The van der Waals surface area contributed by atoms with Crippen LogP contribution in [-0.2, 0) is 0 Å². The molecular weight excluding hydrogens is 296 g/mol. The molecule has 23 heavy (non-hydrogen) atoms. The predicted octanol–water partition coefficient (Wildman–Crippen LogP) is 1.84. The molecule has 0 atom stereocenters. The lowest BCUT2D eigenvalue weighted by Gasteiger charge is -2.02. The molecule has 0 fully saturated rings. The highest BCUT2D eigenvalue weighted by atomic mass is 16.7. The van der Waals surface area contributed by atoms with E-state index in [0.29, 0.717) is 11.7 Å². The van der Waals surface area contributed by atoms with Crippen LogP contribution in [0.3, 0.4) is 0 Å². The lowest BCUT2D eigenvalue weighted by Crippen LogP contribution is -2.03. The molecule has 4 rings (SSSR count). The van der Waals surface area contributed by atoms with Crippen molar-refractivity contribution >= 4 is 12.2 Å². The predicted molar refractivity (Wildman–Crippen MR) is 82.9 cm³/mol. The molecule has 0 aliphatic carbocycles. The zero-order valence-electron chi connectivity index (χ0n) is 12.0. The van der Waals surface area contributed by atoms with Crippen molar-refractivity contribution in [2.24, 2.45) is 5.10 Å². The number of hydrazone groups is 1. The summed E-state index contributed by atoms with van der Waals surface area (Å²) in [7, 11) is 0. The summed E-state index contributed by atoms with van der Waals surface area (Å²) >= 11 is 0. The quantitative estimate of drug-likeness (QED) is 0.584. The van der Waals surface area contributed by atoms with E-state index in [9.17, 15) is 0 Å². The molecule has 0 unspecified atom stereocenters. The van der Waals surface area contributed by atoms with Gasteiger partial charge >= 0.3 is 0 Å². The minimum absolute atomic E-state index is 0.250. The van der Waals surface area contributed by atoms with Crippen LogP contribution in [0.25, 0.3) is 5.69 Å². The Kier molecular flexibility index (Phi) is 3.32. The second-order valence-corrected chi connectivity index (χ2v) is 4.73. The average Bonchev–Trinajstić information content (AvgIpc) is 3.24. The van der Waals surface area contributed by atoms with Crippen LogP contribution in [0.2, 0.25) is 0 Å². The molecule has 2 aromatic carbocycles. The van der Waals surface area contributed by atoms with E-state index in [1.807, 2.05) is 48.5 Å². The van der Waals surface area contributed by atoms with Gasteiger partial charge in [0.1, 0.15) is 0 Å². The van der Waals surface area contributed by atoms with E-state index < -0.39 is 0 Å². The molecule has 0 saturated heterocycles. The topological polar surface area (TPSA) is 86.5 Å². The Labute approximate surface area is 131 Å². The molecule has 2 heterocycles. The fourth-order valence-corrected chi connectivity index (χ4v) is 2.16. The summed E-state index contributed by atoms with van der Waals surface area (Å²) in [5.74, 6) is 1.87. The first-order valence-corrected chi connectivity index (χ1v) is 6.93. The van der Waals surface area contributed by atoms with E-state index in [1.165, 1.54) is 0 Å². The molecule has 0 amide bonds. The number of hydrogen-bond donors (Lipinski definition) is 1. The van der Waals surface area contributed by atoms with Gasteiger partial charge in [-0.3, -0.25) is 0 Å². The molecule has 3 aromatic rings. The van der Waals surface area contributed by atoms with Crippen molar-refractivity contribution in [2.75, 3.05) is 12.2 Å². The number of nitrogens with zero attached hydrogens (tertiary/aromatic N) is 5. The molecule has 0 saturated carbocycles. The molecule has 8 nitrogen and oxygen atoms in total. The summed E-state index contributed by atoms with van der Waals surface area (Å²) in [4.78, 5) is 0. The van der Waals surface area contributed by atoms with Gasteiger partial charge in [-0.1, -0.05) is 23.3 Å². The van der Waals surface area contributed by atoms with Gasteiger partial charge in [0, 0.05) is 0 Å². The van der Waals surface area contributed by atoms with Gasteiger partial charge in [0.2, 0.25) is 6.79 Å². The zero-order valence-corrected chi connectivity index (χ0v) is 12.0. The Morgan fingerprint density at radius 1 is 1.09 bits per heavy atom. The molecular formula is C15H12N6O2. The van der Waals surface area contributed by atoms with Crippen molar-refractivity contribution < 1.29 is 9.47 Å². The number of aromatic nitrogens is 4. The van der Waals surface area contributed by atoms with Crippen LogP contribution >= 0.6 is 0 Å². The lowest BCUT2D eigenvalue weighted by atomic mass is 10.2. The van der Waals surface area contributed by atoms with Crippen LogP contribution in [0.4, 0.5) is 5.95 Å².